The van der Waals surface area contributed by atoms with Crippen LogP contribution in [0.4, 0.5) is 5.69 Å². The average Bonchev–Trinajstić information content (AvgIpc) is 2.44. The van der Waals surface area contributed by atoms with Crippen LogP contribution >= 0.6 is 0 Å². The van der Waals surface area contributed by atoms with Crippen LogP contribution in [0, 0.1) is 6.92 Å². The molecule has 4 heteroatoms. The zero-order chi connectivity index (χ0) is 15.4. The Balaban J connectivity index is 2.20. The Kier molecular flexibility index (Phi) is 5.62. The van der Waals surface area contributed by atoms with E-state index in [2.05, 4.69) is 56.1 Å². The Bertz CT molecular complexity index is 462. The molecule has 0 amide bonds. The molecule has 21 heavy (non-hydrogen) atoms. The molecule has 1 aromatic carbocycles. The topological polar surface area (TPSA) is 44.7 Å². The standard InChI is InChI=1S/C17H28N2O2/c1-12(2)18-8-15-7-13(3)5-6-17(15)19-9-14(4)21-16(10-19)11-20/h5-7,12,14,16,18,20H,8-11H2,1-4H3. The summed E-state index contributed by atoms with van der Waals surface area (Å²) in [7, 11) is 0. The van der Waals surface area contributed by atoms with Crippen molar-refractivity contribution in [2.24, 2.45) is 0 Å². The molecule has 0 aromatic heterocycles. The SMILES string of the molecule is Cc1ccc(N2CC(C)OC(CO)C2)c(CNC(C)C)c1. The summed E-state index contributed by atoms with van der Waals surface area (Å²) in [6.07, 6.45) is 0.0454. The lowest BCUT2D eigenvalue weighted by Crippen LogP contribution is -2.48. The molecule has 0 bridgehead atoms. The average molecular weight is 292 g/mol. The fourth-order valence-electron chi connectivity index (χ4n) is 2.82. The van der Waals surface area contributed by atoms with Crippen molar-refractivity contribution in [2.75, 3.05) is 24.6 Å². The number of nitrogens with one attached hydrogen (secondary N) is 1. The highest BCUT2D eigenvalue weighted by Crippen LogP contribution is 2.25. The van der Waals surface area contributed by atoms with Gasteiger partial charge in [-0.25, -0.2) is 0 Å². The van der Waals surface area contributed by atoms with Gasteiger partial charge in [-0.2, -0.15) is 0 Å². The molecule has 1 heterocycles. The molecule has 0 spiro atoms. The summed E-state index contributed by atoms with van der Waals surface area (Å²) in [6, 6.07) is 7.06. The second-order valence-electron chi connectivity index (χ2n) is 6.32. The molecule has 1 saturated heterocycles. The van der Waals surface area contributed by atoms with E-state index in [-0.39, 0.29) is 18.8 Å². The third-order valence-electron chi connectivity index (χ3n) is 3.81. The lowest BCUT2D eigenvalue weighted by molar-refractivity contribution is -0.0421. The molecule has 0 radical (unpaired) electrons. The first-order chi connectivity index (χ1) is 9.99. The predicted molar refractivity (Wildman–Crippen MR) is 86.8 cm³/mol. The zero-order valence-electron chi connectivity index (χ0n) is 13.6. The first kappa shape index (κ1) is 16.3. The molecule has 0 aliphatic carbocycles. The summed E-state index contributed by atoms with van der Waals surface area (Å²) in [6.45, 7) is 11.1. The third kappa shape index (κ3) is 4.43. The van der Waals surface area contributed by atoms with Gasteiger partial charge in [0, 0.05) is 31.4 Å². The highest BCUT2D eigenvalue weighted by atomic mass is 16.5. The van der Waals surface area contributed by atoms with Gasteiger partial charge >= 0.3 is 0 Å². The molecule has 118 valence electrons. The summed E-state index contributed by atoms with van der Waals surface area (Å²) in [5.74, 6) is 0. The largest absolute Gasteiger partial charge is 0.394 e. The van der Waals surface area contributed by atoms with Gasteiger partial charge in [0.05, 0.1) is 18.8 Å². The van der Waals surface area contributed by atoms with Gasteiger partial charge < -0.3 is 20.1 Å². The number of aliphatic hydroxyl groups excluding tert-OH is 1. The number of nitrogens with zero attached hydrogens (tertiary/aromatic N) is 1. The lowest BCUT2D eigenvalue weighted by atomic mass is 10.1. The smallest absolute Gasteiger partial charge is 0.0984 e. The number of benzene rings is 1. The molecular formula is C17H28N2O2. The zero-order valence-corrected chi connectivity index (χ0v) is 13.6. The van der Waals surface area contributed by atoms with Crippen molar-refractivity contribution >= 4 is 5.69 Å². The predicted octanol–water partition coefficient (Wildman–Crippen LogP) is 2.08. The Hall–Kier alpha value is -1.10. The van der Waals surface area contributed by atoms with Crippen molar-refractivity contribution in [3.05, 3.63) is 29.3 Å². The van der Waals surface area contributed by atoms with Gasteiger partial charge in [0.2, 0.25) is 0 Å². The molecule has 4 nitrogen and oxygen atoms in total. The number of morpholine rings is 1. The normalized spacial score (nSPS) is 22.9. The van der Waals surface area contributed by atoms with Gasteiger partial charge in [-0.05, 0) is 25.5 Å². The summed E-state index contributed by atoms with van der Waals surface area (Å²) in [4.78, 5) is 2.34. The van der Waals surface area contributed by atoms with E-state index in [1.54, 1.807) is 0 Å². The van der Waals surface area contributed by atoms with E-state index in [1.165, 1.54) is 16.8 Å². The summed E-state index contributed by atoms with van der Waals surface area (Å²) in [5.41, 5.74) is 3.84. The van der Waals surface area contributed by atoms with Crippen molar-refractivity contribution in [3.63, 3.8) is 0 Å². The van der Waals surface area contributed by atoms with Crippen molar-refractivity contribution in [2.45, 2.75) is 52.5 Å². The van der Waals surface area contributed by atoms with E-state index < -0.39 is 0 Å². The van der Waals surface area contributed by atoms with Crippen LogP contribution in [0.15, 0.2) is 18.2 Å². The second-order valence-corrected chi connectivity index (χ2v) is 6.32. The first-order valence-electron chi connectivity index (χ1n) is 7.83. The van der Waals surface area contributed by atoms with E-state index in [9.17, 15) is 5.11 Å². The van der Waals surface area contributed by atoms with Gasteiger partial charge in [-0.15, -0.1) is 0 Å². The van der Waals surface area contributed by atoms with Gasteiger partial charge in [-0.1, -0.05) is 31.5 Å². The fraction of sp³-hybridized carbons (Fsp3) is 0.647. The molecule has 2 unspecified atom stereocenters. The Morgan fingerprint density at radius 2 is 2.14 bits per heavy atom. The van der Waals surface area contributed by atoms with Crippen LogP contribution in [0.3, 0.4) is 0 Å². The number of ether oxygens (including phenoxy) is 1. The molecule has 1 aliphatic heterocycles. The fourth-order valence-corrected chi connectivity index (χ4v) is 2.82. The van der Waals surface area contributed by atoms with Crippen LogP contribution in [0.1, 0.15) is 31.9 Å². The second kappa shape index (κ2) is 7.25. The monoisotopic (exact) mass is 292 g/mol. The molecule has 1 aromatic rings. The van der Waals surface area contributed by atoms with Crippen LogP contribution in [0.5, 0.6) is 0 Å². The molecule has 2 atom stereocenters. The summed E-state index contributed by atoms with van der Waals surface area (Å²) < 4.78 is 5.74. The van der Waals surface area contributed by atoms with E-state index in [0.29, 0.717) is 6.04 Å². The number of hydrogen-bond donors (Lipinski definition) is 2. The van der Waals surface area contributed by atoms with Crippen molar-refractivity contribution in [1.29, 1.82) is 0 Å². The van der Waals surface area contributed by atoms with E-state index in [1.807, 2.05) is 0 Å². The summed E-state index contributed by atoms with van der Waals surface area (Å²) >= 11 is 0. The van der Waals surface area contributed by atoms with E-state index >= 15 is 0 Å². The first-order valence-corrected chi connectivity index (χ1v) is 7.83. The molecular weight excluding hydrogens is 264 g/mol. The number of hydrogen-bond acceptors (Lipinski definition) is 4. The number of rotatable bonds is 5. The van der Waals surface area contributed by atoms with Gasteiger partial charge in [0.25, 0.3) is 0 Å². The molecule has 2 rings (SSSR count). The Labute approximate surface area is 128 Å². The maximum absolute atomic E-state index is 9.40. The summed E-state index contributed by atoms with van der Waals surface area (Å²) in [5, 5.41) is 12.9. The molecule has 0 saturated carbocycles. The van der Waals surface area contributed by atoms with Gasteiger partial charge in [0.1, 0.15) is 0 Å². The number of anilines is 1. The van der Waals surface area contributed by atoms with E-state index in [4.69, 9.17) is 4.74 Å². The van der Waals surface area contributed by atoms with Gasteiger partial charge in [0.15, 0.2) is 0 Å². The Morgan fingerprint density at radius 1 is 1.38 bits per heavy atom. The number of aryl methyl sites for hydroxylation is 1. The van der Waals surface area contributed by atoms with Gasteiger partial charge in [-0.3, -0.25) is 0 Å². The van der Waals surface area contributed by atoms with Crippen LogP contribution < -0.4 is 10.2 Å². The molecule has 1 fully saturated rings. The van der Waals surface area contributed by atoms with Crippen molar-refractivity contribution < 1.29 is 9.84 Å². The van der Waals surface area contributed by atoms with Crippen molar-refractivity contribution in [1.82, 2.24) is 5.32 Å². The van der Waals surface area contributed by atoms with Crippen LogP contribution in [-0.2, 0) is 11.3 Å². The minimum absolute atomic E-state index is 0.0757. The van der Waals surface area contributed by atoms with Crippen molar-refractivity contribution in [3.8, 4) is 0 Å². The van der Waals surface area contributed by atoms with Crippen LogP contribution in [-0.4, -0.2) is 43.1 Å². The maximum atomic E-state index is 9.40. The number of aliphatic hydroxyl groups is 1. The highest BCUT2D eigenvalue weighted by molar-refractivity contribution is 5.55. The molecule has 1 aliphatic rings. The van der Waals surface area contributed by atoms with E-state index in [0.717, 1.165) is 19.6 Å². The Morgan fingerprint density at radius 3 is 2.81 bits per heavy atom. The minimum atomic E-state index is -0.0963. The third-order valence-corrected chi connectivity index (χ3v) is 3.81. The molecule has 2 N–H and O–H groups in total. The minimum Gasteiger partial charge on any atom is -0.394 e. The quantitative estimate of drug-likeness (QED) is 0.872. The lowest BCUT2D eigenvalue weighted by Gasteiger charge is -2.38. The van der Waals surface area contributed by atoms with Crippen LogP contribution in [0.2, 0.25) is 0 Å². The highest BCUT2D eigenvalue weighted by Gasteiger charge is 2.26. The van der Waals surface area contributed by atoms with Crippen LogP contribution in [0.25, 0.3) is 0 Å². The maximum Gasteiger partial charge on any atom is 0.0984 e.